The lowest BCUT2D eigenvalue weighted by molar-refractivity contribution is -0.136. The first kappa shape index (κ1) is 16.2. The number of aryl methyl sites for hydroxylation is 1. The van der Waals surface area contributed by atoms with Crippen LogP contribution in [0.4, 0.5) is 4.79 Å². The van der Waals surface area contributed by atoms with Crippen molar-refractivity contribution in [3.8, 4) is 5.75 Å². The molecule has 0 fully saturated rings. The maximum Gasteiger partial charge on any atom is 0.336 e. The van der Waals surface area contributed by atoms with Crippen molar-refractivity contribution >= 4 is 34.9 Å². The number of methoxy groups -OCH3 is 1. The van der Waals surface area contributed by atoms with Gasteiger partial charge in [-0.3, -0.25) is 14.1 Å². The largest absolute Gasteiger partial charge is 0.497 e. The van der Waals surface area contributed by atoms with Crippen LogP contribution >= 0.6 is 11.9 Å². The van der Waals surface area contributed by atoms with Crippen molar-refractivity contribution in [2.45, 2.75) is 19.8 Å². The van der Waals surface area contributed by atoms with Gasteiger partial charge in [0.05, 0.1) is 12.6 Å². The zero-order valence-electron chi connectivity index (χ0n) is 12.5. The highest BCUT2D eigenvalue weighted by Crippen LogP contribution is 2.27. The second-order valence-corrected chi connectivity index (χ2v) is 5.71. The van der Waals surface area contributed by atoms with E-state index in [9.17, 15) is 9.59 Å². The number of carboxylic acid groups (broad SMARTS) is 1. The number of fused-ring (bicyclic) bond motifs is 1. The van der Waals surface area contributed by atoms with E-state index in [0.717, 1.165) is 22.2 Å². The Morgan fingerprint density at radius 1 is 1.41 bits per heavy atom. The van der Waals surface area contributed by atoms with Crippen molar-refractivity contribution in [3.05, 3.63) is 30.0 Å². The number of hydrogen-bond donors (Lipinski definition) is 2. The predicted molar refractivity (Wildman–Crippen MR) is 86.5 cm³/mol. The quantitative estimate of drug-likeness (QED) is 0.799. The van der Waals surface area contributed by atoms with Gasteiger partial charge < -0.3 is 9.84 Å². The summed E-state index contributed by atoms with van der Waals surface area (Å²) in [6.07, 6.45) is 2.07. The van der Waals surface area contributed by atoms with Crippen LogP contribution in [0.3, 0.4) is 0 Å². The molecule has 7 heteroatoms. The second-order valence-electron chi connectivity index (χ2n) is 4.64. The van der Waals surface area contributed by atoms with E-state index in [4.69, 9.17) is 9.84 Å². The number of hydrogen-bond acceptors (Lipinski definition) is 4. The summed E-state index contributed by atoms with van der Waals surface area (Å²) in [6, 6.07) is 5.15. The molecule has 0 atom stereocenters. The summed E-state index contributed by atoms with van der Waals surface area (Å²) >= 11 is 1.32. The molecule has 0 bridgehead atoms. The number of aliphatic carboxylic acids is 1. The number of amides is 1. The number of ether oxygens (including phenoxy) is 1. The van der Waals surface area contributed by atoms with E-state index >= 15 is 0 Å². The van der Waals surface area contributed by atoms with Crippen molar-refractivity contribution in [3.63, 3.8) is 0 Å². The molecule has 0 spiro atoms. The van der Waals surface area contributed by atoms with Crippen molar-refractivity contribution in [2.75, 3.05) is 12.9 Å². The second kappa shape index (κ2) is 7.22. The summed E-state index contributed by atoms with van der Waals surface area (Å²) in [5.74, 6) is 0.574. The van der Waals surface area contributed by atoms with Crippen LogP contribution in [0.1, 0.15) is 18.9 Å². The minimum absolute atomic E-state index is 0.0155. The van der Waals surface area contributed by atoms with Crippen LogP contribution in [0.15, 0.2) is 24.4 Å². The Hall–Kier alpha value is -2.15. The Bertz CT molecular complexity index is 696. The van der Waals surface area contributed by atoms with Crippen molar-refractivity contribution in [1.82, 2.24) is 9.29 Å². The lowest BCUT2D eigenvalue weighted by atomic mass is 10.1. The van der Waals surface area contributed by atoms with Gasteiger partial charge in [0.15, 0.2) is 0 Å². The van der Waals surface area contributed by atoms with E-state index in [2.05, 4.69) is 4.72 Å². The number of benzene rings is 1. The average Bonchev–Trinajstić information content (AvgIpc) is 2.88. The summed E-state index contributed by atoms with van der Waals surface area (Å²) < 4.78 is 9.46. The molecule has 0 aliphatic rings. The molecular weight excluding hydrogens is 304 g/mol. The Morgan fingerprint density at radius 2 is 2.18 bits per heavy atom. The summed E-state index contributed by atoms with van der Waals surface area (Å²) in [4.78, 5) is 23.0. The number of carbonyl (C=O) groups excluding carboxylic acids is 1. The van der Waals surface area contributed by atoms with Gasteiger partial charge in [0.2, 0.25) is 0 Å². The molecule has 2 rings (SSSR count). The van der Waals surface area contributed by atoms with Crippen molar-refractivity contribution in [1.29, 1.82) is 0 Å². The normalized spacial score (nSPS) is 10.6. The lowest BCUT2D eigenvalue weighted by Crippen LogP contribution is -2.22. The molecule has 6 nitrogen and oxygen atoms in total. The van der Waals surface area contributed by atoms with Gasteiger partial charge in [-0.15, -0.1) is 0 Å². The smallest absolute Gasteiger partial charge is 0.336 e. The van der Waals surface area contributed by atoms with Gasteiger partial charge in [-0.1, -0.05) is 6.92 Å². The monoisotopic (exact) mass is 322 g/mol. The Kier molecular flexibility index (Phi) is 5.32. The van der Waals surface area contributed by atoms with E-state index < -0.39 is 5.97 Å². The first-order chi connectivity index (χ1) is 10.6. The number of nitrogens with zero attached hydrogens (tertiary/aromatic N) is 1. The fourth-order valence-electron chi connectivity index (χ4n) is 2.20. The Labute approximate surface area is 132 Å². The molecule has 0 aliphatic carbocycles. The topological polar surface area (TPSA) is 80.6 Å². The molecular formula is C15H18N2O4S. The van der Waals surface area contributed by atoms with Crippen LogP contribution in [0, 0.1) is 0 Å². The molecule has 0 radical (unpaired) electrons. The highest BCUT2D eigenvalue weighted by atomic mass is 32.2. The van der Waals surface area contributed by atoms with E-state index in [0.29, 0.717) is 12.2 Å². The standard InChI is InChI=1S/C15H18N2O4S/c1-3-22-16-15(20)17-9-10(4-7-14(18)19)12-8-11(21-2)5-6-13(12)17/h5-6,8-9H,3-4,7H2,1-2H3,(H,16,20)(H,18,19). The molecule has 0 saturated heterocycles. The van der Waals surface area contributed by atoms with E-state index in [1.54, 1.807) is 25.4 Å². The van der Waals surface area contributed by atoms with Gasteiger partial charge in [-0.2, -0.15) is 0 Å². The molecule has 118 valence electrons. The average molecular weight is 322 g/mol. The zero-order chi connectivity index (χ0) is 16.1. The predicted octanol–water partition coefficient (Wildman–Crippen LogP) is 2.89. The van der Waals surface area contributed by atoms with E-state index in [-0.39, 0.29) is 12.5 Å². The molecule has 0 aliphatic heterocycles. The van der Waals surface area contributed by atoms with Gasteiger partial charge in [0.1, 0.15) is 5.75 Å². The molecule has 1 heterocycles. The summed E-state index contributed by atoms with van der Waals surface area (Å²) in [6.45, 7) is 1.95. The molecule has 0 unspecified atom stereocenters. The van der Waals surface area contributed by atoms with Crippen molar-refractivity contribution < 1.29 is 19.4 Å². The Balaban J connectivity index is 2.43. The molecule has 0 saturated carbocycles. The summed E-state index contributed by atoms with van der Waals surface area (Å²) in [5, 5.41) is 9.70. The first-order valence-electron chi connectivity index (χ1n) is 6.88. The van der Waals surface area contributed by atoms with Gasteiger partial charge in [0, 0.05) is 23.8 Å². The van der Waals surface area contributed by atoms with Crippen LogP contribution in [-0.4, -0.2) is 34.5 Å². The van der Waals surface area contributed by atoms with Crippen LogP contribution < -0.4 is 9.46 Å². The van der Waals surface area contributed by atoms with E-state index in [1.165, 1.54) is 16.5 Å². The highest BCUT2D eigenvalue weighted by molar-refractivity contribution is 7.97. The lowest BCUT2D eigenvalue weighted by Gasteiger charge is -2.05. The minimum atomic E-state index is -0.866. The number of carbonyl (C=O) groups is 2. The highest BCUT2D eigenvalue weighted by Gasteiger charge is 2.15. The Morgan fingerprint density at radius 3 is 2.82 bits per heavy atom. The van der Waals surface area contributed by atoms with Crippen LogP contribution in [-0.2, 0) is 11.2 Å². The maximum absolute atomic E-state index is 12.2. The first-order valence-corrected chi connectivity index (χ1v) is 7.87. The van der Waals surface area contributed by atoms with Gasteiger partial charge in [0.25, 0.3) is 0 Å². The molecule has 2 N–H and O–H groups in total. The SMILES string of the molecule is CCSNC(=O)n1cc(CCC(=O)O)c2cc(OC)ccc21. The molecule has 22 heavy (non-hydrogen) atoms. The fraction of sp³-hybridized carbons (Fsp3) is 0.333. The van der Waals surface area contributed by atoms with Gasteiger partial charge in [-0.25, -0.2) is 4.79 Å². The van der Waals surface area contributed by atoms with Gasteiger partial charge in [-0.05, 0) is 42.1 Å². The minimum Gasteiger partial charge on any atom is -0.497 e. The molecule has 1 aromatic carbocycles. The number of carboxylic acids is 1. The fourth-order valence-corrected chi connectivity index (χ4v) is 2.56. The summed E-state index contributed by atoms with van der Waals surface area (Å²) in [7, 11) is 1.57. The number of aromatic nitrogens is 1. The molecule has 1 amide bonds. The summed E-state index contributed by atoms with van der Waals surface area (Å²) in [5.41, 5.74) is 1.54. The van der Waals surface area contributed by atoms with E-state index in [1.807, 2.05) is 13.0 Å². The van der Waals surface area contributed by atoms with Crippen LogP contribution in [0.5, 0.6) is 5.75 Å². The molecule has 2 aromatic rings. The third-order valence-electron chi connectivity index (χ3n) is 3.22. The number of nitrogens with one attached hydrogen (secondary N) is 1. The number of rotatable bonds is 6. The van der Waals surface area contributed by atoms with Crippen LogP contribution in [0.25, 0.3) is 10.9 Å². The third kappa shape index (κ3) is 3.54. The van der Waals surface area contributed by atoms with Crippen molar-refractivity contribution in [2.24, 2.45) is 0 Å². The molecule has 1 aromatic heterocycles. The van der Waals surface area contributed by atoms with Gasteiger partial charge >= 0.3 is 12.0 Å². The maximum atomic E-state index is 12.2. The third-order valence-corrected chi connectivity index (χ3v) is 3.83. The van der Waals surface area contributed by atoms with Crippen LogP contribution in [0.2, 0.25) is 0 Å². The zero-order valence-corrected chi connectivity index (χ0v) is 13.3.